The lowest BCUT2D eigenvalue weighted by molar-refractivity contribution is 0.00652. The molecule has 1 N–H and O–H groups in total. The first-order chi connectivity index (χ1) is 34.0. The number of alkyl halides is 1. The summed E-state index contributed by atoms with van der Waals surface area (Å²) in [7, 11) is 0. The topological polar surface area (TPSA) is 130 Å². The third-order valence-electron chi connectivity index (χ3n) is 11.3. The number of nitrogens with one attached hydrogen (secondary N) is 1. The van der Waals surface area contributed by atoms with Crippen molar-refractivity contribution in [1.82, 2.24) is 20.0 Å². The number of piperidine rings is 2. The second-order valence-electron chi connectivity index (χ2n) is 19.2. The molecule has 0 saturated carbocycles. The molecular weight excluding hydrogens is 961 g/mol. The van der Waals surface area contributed by atoms with Gasteiger partial charge in [0.05, 0.1) is 44.6 Å². The first kappa shape index (κ1) is 57.0. The zero-order chi connectivity index (χ0) is 51.7. The van der Waals surface area contributed by atoms with Crippen LogP contribution in [0.4, 0.5) is 26.7 Å². The van der Waals surface area contributed by atoms with Gasteiger partial charge in [-0.1, -0.05) is 76.6 Å². The molecule has 15 heteroatoms. The van der Waals surface area contributed by atoms with Crippen molar-refractivity contribution < 1.29 is 28.5 Å². The van der Waals surface area contributed by atoms with E-state index in [1.54, 1.807) is 48.5 Å². The third kappa shape index (κ3) is 21.5. The fraction of sp³-hybridized carbons (Fsp3) is 0.464. The van der Waals surface area contributed by atoms with Crippen LogP contribution in [0.2, 0.25) is 0 Å². The van der Waals surface area contributed by atoms with Gasteiger partial charge in [-0.25, -0.2) is 24.1 Å². The summed E-state index contributed by atoms with van der Waals surface area (Å²) in [6.07, 6.45) is 4.55. The second-order valence-corrected chi connectivity index (χ2v) is 19.7. The number of halogens is 1. The number of likely N-dealkylation sites (tertiary alicyclic amines) is 1. The van der Waals surface area contributed by atoms with Gasteiger partial charge in [-0.15, -0.1) is 0 Å². The van der Waals surface area contributed by atoms with Crippen LogP contribution in [0.15, 0.2) is 97.1 Å². The van der Waals surface area contributed by atoms with E-state index in [9.17, 15) is 9.59 Å². The summed E-state index contributed by atoms with van der Waals surface area (Å²) in [6.45, 7) is 38.7. The van der Waals surface area contributed by atoms with Gasteiger partial charge in [0.25, 0.3) is 0 Å². The summed E-state index contributed by atoms with van der Waals surface area (Å²) < 4.78 is 22.9. The Kier molecular flexibility index (Phi) is 23.7. The van der Waals surface area contributed by atoms with Gasteiger partial charge in [-0.2, -0.15) is 5.26 Å². The van der Waals surface area contributed by atoms with Gasteiger partial charge in [-0.05, 0) is 141 Å². The number of nitrogens with zero attached hydrogens (tertiary/aromatic N) is 7. The van der Waals surface area contributed by atoms with Crippen LogP contribution in [0, 0.1) is 31.0 Å². The van der Waals surface area contributed by atoms with E-state index in [0.717, 1.165) is 81.7 Å². The molecule has 0 unspecified atom stereocenters. The zero-order valence-corrected chi connectivity index (χ0v) is 43.7. The second kappa shape index (κ2) is 29.5. The molecule has 2 saturated heterocycles. The molecule has 71 heavy (non-hydrogen) atoms. The number of hydrogen-bond donors (Lipinski definition) is 1. The van der Waals surface area contributed by atoms with Crippen molar-refractivity contribution in [2.24, 2.45) is 0 Å². The molecular formula is C56H69BrN8O6. The molecule has 4 aromatic rings. The Balaban J connectivity index is 0.000000265. The summed E-state index contributed by atoms with van der Waals surface area (Å²) in [5.74, 6) is 1.46. The minimum absolute atomic E-state index is 0.125. The van der Waals surface area contributed by atoms with Crippen LogP contribution in [0.25, 0.3) is 14.5 Å². The SMILES string of the molecule is [C-]#[N+]c1ccc(CBr)cc1.[C-]#[N+]c1ccc(OCCCN(C(=O)OC(C)(C)C)C2CCN(Cc3ccc(C#N)cc3)CC2)cc1.[C-]#[N+]c1ccc(OCCCN(C(=O)OC(C)(C)C)C2CCNCC2)cc1. The molecule has 2 aliphatic rings. The van der Waals surface area contributed by atoms with Crippen LogP contribution in [0.5, 0.6) is 11.5 Å². The Morgan fingerprint density at radius 3 is 1.42 bits per heavy atom. The predicted octanol–water partition coefficient (Wildman–Crippen LogP) is 12.9. The number of carbonyl (C=O) groups excluding carboxylic acids is 2. The summed E-state index contributed by atoms with van der Waals surface area (Å²) in [6, 6.07) is 31.9. The Morgan fingerprint density at radius 2 is 1.04 bits per heavy atom. The lowest BCUT2D eigenvalue weighted by atomic mass is 10.0. The monoisotopic (exact) mass is 1030 g/mol. The largest absolute Gasteiger partial charge is 0.494 e. The molecule has 2 heterocycles. The van der Waals surface area contributed by atoms with Gasteiger partial charge in [0, 0.05) is 50.1 Å². The highest BCUT2D eigenvalue weighted by molar-refractivity contribution is 9.08. The molecule has 6 rings (SSSR count). The Labute approximate surface area is 430 Å². The molecule has 0 radical (unpaired) electrons. The maximum absolute atomic E-state index is 13.0. The van der Waals surface area contributed by atoms with E-state index < -0.39 is 11.2 Å². The van der Waals surface area contributed by atoms with Crippen LogP contribution in [-0.4, -0.2) is 103 Å². The van der Waals surface area contributed by atoms with Crippen LogP contribution < -0.4 is 14.8 Å². The fourth-order valence-electron chi connectivity index (χ4n) is 7.68. The maximum Gasteiger partial charge on any atom is 0.410 e. The van der Waals surface area contributed by atoms with Crippen molar-refractivity contribution in [1.29, 1.82) is 5.26 Å². The van der Waals surface area contributed by atoms with E-state index in [1.807, 2.05) is 99.9 Å². The summed E-state index contributed by atoms with van der Waals surface area (Å²) in [5, 5.41) is 13.2. The maximum atomic E-state index is 13.0. The lowest BCUT2D eigenvalue weighted by Crippen LogP contribution is -2.49. The number of nitriles is 1. The summed E-state index contributed by atoms with van der Waals surface area (Å²) >= 11 is 3.33. The van der Waals surface area contributed by atoms with Crippen molar-refractivity contribution in [3.05, 3.63) is 148 Å². The van der Waals surface area contributed by atoms with E-state index in [4.69, 9.17) is 43.9 Å². The first-order valence-corrected chi connectivity index (χ1v) is 25.3. The molecule has 2 fully saturated rings. The zero-order valence-electron chi connectivity index (χ0n) is 42.2. The van der Waals surface area contributed by atoms with E-state index in [2.05, 4.69) is 46.8 Å². The van der Waals surface area contributed by atoms with Crippen molar-refractivity contribution in [2.45, 2.75) is 115 Å². The quantitative estimate of drug-likeness (QED) is 0.0703. The van der Waals surface area contributed by atoms with E-state index >= 15 is 0 Å². The van der Waals surface area contributed by atoms with Crippen molar-refractivity contribution >= 4 is 45.2 Å². The minimum atomic E-state index is -0.549. The van der Waals surface area contributed by atoms with Crippen molar-refractivity contribution in [2.75, 3.05) is 52.5 Å². The Bertz CT molecular complexity index is 2400. The molecule has 0 spiro atoms. The number of carbonyl (C=O) groups is 2. The fourth-order valence-corrected chi connectivity index (χ4v) is 8.05. The van der Waals surface area contributed by atoms with Crippen LogP contribution in [0.1, 0.15) is 96.8 Å². The molecule has 2 aliphatic heterocycles. The van der Waals surface area contributed by atoms with Gasteiger partial charge in [0.15, 0.2) is 17.1 Å². The molecule has 0 aromatic heterocycles. The standard InChI is InChI=1S/C28H34N4O3.C20H29N3O3.C8H6BrN/c1-28(2,3)35-27(33)32(16-5-19-34-26-12-10-24(30-4)11-13-26)25-14-17-31(18-15-25)21-23-8-6-22(20-29)7-9-23;1-20(2,3)26-19(24)23(17-10-12-22-13-11-17)14-5-15-25-18-8-6-16(21-4)7-9-18;1-10-8-4-2-7(6-9)3-5-8/h6-13,25H,5,14-19,21H2,1-3H3;6-9,17,22H,5,10-15H2,1-3H3;2-5H,6H2. The van der Waals surface area contributed by atoms with E-state index in [0.29, 0.717) is 55.3 Å². The van der Waals surface area contributed by atoms with Gasteiger partial charge in [0.2, 0.25) is 0 Å². The molecule has 14 nitrogen and oxygen atoms in total. The highest BCUT2D eigenvalue weighted by atomic mass is 79.9. The predicted molar refractivity (Wildman–Crippen MR) is 282 cm³/mol. The molecule has 0 bridgehead atoms. The van der Waals surface area contributed by atoms with E-state index in [1.165, 1.54) is 11.1 Å². The summed E-state index contributed by atoms with van der Waals surface area (Å²) in [5.41, 5.74) is 3.89. The van der Waals surface area contributed by atoms with E-state index in [-0.39, 0.29) is 24.3 Å². The van der Waals surface area contributed by atoms with Gasteiger partial charge < -0.3 is 34.1 Å². The van der Waals surface area contributed by atoms with Crippen LogP contribution in [-0.2, 0) is 21.3 Å². The molecule has 2 amide bonds. The lowest BCUT2D eigenvalue weighted by Gasteiger charge is -2.39. The normalized spacial score (nSPS) is 14.0. The van der Waals surface area contributed by atoms with Crippen LogP contribution >= 0.6 is 15.9 Å². The average Bonchev–Trinajstić information content (AvgIpc) is 3.37. The highest BCUT2D eigenvalue weighted by Crippen LogP contribution is 2.24. The van der Waals surface area contributed by atoms with Crippen molar-refractivity contribution in [3.63, 3.8) is 0 Å². The molecule has 4 aromatic carbocycles. The first-order valence-electron chi connectivity index (χ1n) is 24.2. The Hall–Kier alpha value is -6.62. The molecule has 0 aliphatic carbocycles. The van der Waals surface area contributed by atoms with Gasteiger partial charge in [0.1, 0.15) is 22.7 Å². The third-order valence-corrected chi connectivity index (χ3v) is 11.9. The molecule has 376 valence electrons. The number of rotatable bonds is 15. The van der Waals surface area contributed by atoms with Crippen molar-refractivity contribution in [3.8, 4) is 17.6 Å². The smallest absolute Gasteiger partial charge is 0.410 e. The number of hydrogen-bond acceptors (Lipinski definition) is 9. The molecule has 0 atom stereocenters. The Morgan fingerprint density at radius 1 is 0.648 bits per heavy atom. The van der Waals surface area contributed by atoms with Gasteiger partial charge >= 0.3 is 12.2 Å². The summed E-state index contributed by atoms with van der Waals surface area (Å²) in [4.78, 5) is 41.8. The van der Waals surface area contributed by atoms with Crippen LogP contribution in [0.3, 0.4) is 0 Å². The highest BCUT2D eigenvalue weighted by Gasteiger charge is 2.32. The minimum Gasteiger partial charge on any atom is -0.494 e. The van der Waals surface area contributed by atoms with Gasteiger partial charge in [-0.3, -0.25) is 4.90 Å². The number of amides is 2. The number of ether oxygens (including phenoxy) is 4. The average molecular weight is 1030 g/mol. The number of benzene rings is 4.